The number of alkyl halides is 2. The number of aromatic nitrogens is 5. The molecule has 534 valence electrons. The van der Waals surface area contributed by atoms with Gasteiger partial charge in [-0.3, -0.25) is 19.2 Å². The number of fused-ring (bicyclic) bond motifs is 25. The molecule has 106 heavy (non-hydrogen) atoms. The fourth-order valence-electron chi connectivity index (χ4n) is 12.6. The highest BCUT2D eigenvalue weighted by atomic mass is 79.9. The predicted octanol–water partition coefficient (Wildman–Crippen LogP) is 22.3. The van der Waals surface area contributed by atoms with E-state index in [9.17, 15) is 24.3 Å². The first-order chi connectivity index (χ1) is 51.0. The van der Waals surface area contributed by atoms with E-state index in [1.807, 2.05) is 171 Å². The zero-order chi connectivity index (χ0) is 74.2. The highest BCUT2D eigenvalue weighted by Crippen LogP contribution is 2.38. The van der Waals surface area contributed by atoms with Crippen molar-refractivity contribution in [3.05, 3.63) is 283 Å². The fourth-order valence-corrected chi connectivity index (χ4v) is 12.6. The Balaban J connectivity index is 0.000000127. The number of halogens is 6. The molecule has 0 unspecified atom stereocenters. The predicted molar refractivity (Wildman–Crippen MR) is 450 cm³/mol. The number of aliphatic hydroxyl groups excluding tert-OH is 1. The molecule has 0 saturated heterocycles. The fraction of sp³-hybridized carbons (Fsp3) is 0.0854. The van der Waals surface area contributed by atoms with Crippen LogP contribution >= 0.6 is 82.9 Å². The third kappa shape index (κ3) is 15.7. The molecule has 0 amide bonds. The number of rotatable bonds is 0. The maximum absolute atomic E-state index is 12.1. The smallest absolute Gasteiger partial charge is 0.369 e. The molecule has 10 aromatic heterocycles. The SMILES string of the molecule is BrB(Br)Br.CO.COC.Cc1ccc2c(c1)oc1c3ccccc3c(=O)[nH]c21.Cc1ccc2c(c1)oc1c3ccccc3c(C)nc21.Cl.ClCCl.O=c1[nH]c2c3ccccc3oc2c2ccccc12.O=c1[nH]c2c3ccccc3oc2c2ccccc12.O=c1ccc2c(c1)oc1c3ccccc3c(O)[nH]c21. The van der Waals surface area contributed by atoms with Crippen molar-refractivity contribution >= 4 is 250 Å². The molecule has 20 aromatic rings. The van der Waals surface area contributed by atoms with E-state index in [-0.39, 0.29) is 48.9 Å². The van der Waals surface area contributed by atoms with Crippen LogP contribution in [0.1, 0.15) is 16.8 Å². The number of furan rings is 5. The molecule has 17 nitrogen and oxygen atoms in total. The number of methoxy groups -OCH3 is 1. The average molecular weight is 1670 g/mol. The maximum atomic E-state index is 12.1. The van der Waals surface area contributed by atoms with Crippen LogP contribution in [0.15, 0.2) is 266 Å². The molecule has 0 atom stereocenters. The lowest BCUT2D eigenvalue weighted by Crippen LogP contribution is -2.05. The van der Waals surface area contributed by atoms with E-state index in [4.69, 9.17) is 55.4 Å². The van der Waals surface area contributed by atoms with Crippen molar-refractivity contribution in [2.45, 2.75) is 20.8 Å². The zero-order valence-electron chi connectivity index (χ0n) is 57.4. The lowest BCUT2D eigenvalue weighted by Gasteiger charge is -2.01. The van der Waals surface area contributed by atoms with Crippen molar-refractivity contribution in [3.63, 3.8) is 0 Å². The van der Waals surface area contributed by atoms with Crippen LogP contribution in [0.5, 0.6) is 5.88 Å². The van der Waals surface area contributed by atoms with E-state index >= 15 is 0 Å². The number of aromatic amines is 4. The largest absolute Gasteiger partial charge is 0.494 e. The molecule has 0 radical (unpaired) electrons. The number of aromatic hydroxyl groups is 1. The van der Waals surface area contributed by atoms with Crippen molar-refractivity contribution in [1.82, 2.24) is 24.9 Å². The Morgan fingerprint density at radius 3 is 1.07 bits per heavy atom. The third-order valence-corrected chi connectivity index (χ3v) is 17.0. The minimum atomic E-state index is -0.0971. The second-order valence-electron chi connectivity index (χ2n) is 23.7. The highest BCUT2D eigenvalue weighted by molar-refractivity contribution is 9.69. The second-order valence-corrected chi connectivity index (χ2v) is 30.9. The summed E-state index contributed by atoms with van der Waals surface area (Å²) in [5.41, 5.74) is 14.6. The van der Waals surface area contributed by atoms with Gasteiger partial charge in [-0.1, -0.05) is 133 Å². The van der Waals surface area contributed by atoms with E-state index in [1.165, 1.54) is 17.7 Å². The molecule has 20 rings (SSSR count). The number of aliphatic hydroxyl groups is 1. The molecule has 0 aliphatic heterocycles. The Labute approximate surface area is 643 Å². The van der Waals surface area contributed by atoms with Gasteiger partial charge < -0.3 is 57.0 Å². The Morgan fingerprint density at radius 1 is 0.377 bits per heavy atom. The Hall–Kier alpha value is -10.5. The van der Waals surface area contributed by atoms with Crippen molar-refractivity contribution in [3.8, 4) is 5.88 Å². The molecular weight excluding hydrogens is 1600 g/mol. The second kappa shape index (κ2) is 34.2. The maximum Gasteiger partial charge on any atom is 0.369 e. The number of aryl methyl sites for hydroxylation is 3. The standard InChI is InChI=1S/C17H13NO.C16H11NO2.C15H9NO3.2C15H9NO2.C2H6O.CH2Cl2.CH4O.BBr3.ClH/c1-10-7-8-14-15(9-10)19-17-13-6-4-3-5-12(13)11(2)18-16(14)17;1-9-6-7-12-13(8-9)19-15-10-4-2-3-5-11(10)16(18)17-14(12)15;17-8-5-6-11-12(7-8)19-14-9-3-1-2-4-10(9)15(18)16-13(11)14;2*17-15-10-6-2-1-5-9(10)14-13(16-15)11-7-3-4-8-12(11)18-14;1-3-2;2-1-3;1-2;2-1(3)4;/h3-9H,1-2H3;2-8H,1H3,(H,17,18);1-7,16,18H;2*1-8H,(H,16,17);1-2H3;1H2;2H,1H3;;1H. The number of para-hydroxylation sites is 2. The van der Waals surface area contributed by atoms with Crippen molar-refractivity contribution < 1.29 is 37.0 Å². The monoisotopic (exact) mass is 1660 g/mol. The quantitative estimate of drug-likeness (QED) is 0.0610. The van der Waals surface area contributed by atoms with Crippen LogP contribution in [0.3, 0.4) is 0 Å². The van der Waals surface area contributed by atoms with Gasteiger partial charge in [-0.25, -0.2) is 4.98 Å². The van der Waals surface area contributed by atoms with E-state index in [1.54, 1.807) is 32.4 Å². The molecule has 0 fully saturated rings. The van der Waals surface area contributed by atoms with Crippen LogP contribution < -0.4 is 22.1 Å². The summed E-state index contributed by atoms with van der Waals surface area (Å²) in [4.78, 5) is 64.0. The number of pyridine rings is 5. The first kappa shape index (κ1) is 76.7. The average Bonchev–Trinajstić information content (AvgIpc) is 1.63. The lowest BCUT2D eigenvalue weighted by molar-refractivity contribution is 0.277. The summed E-state index contributed by atoms with van der Waals surface area (Å²) in [6.07, 6.45) is 0. The van der Waals surface area contributed by atoms with Crippen LogP contribution in [-0.2, 0) is 4.74 Å². The molecule has 0 aliphatic carbocycles. The molecule has 24 heteroatoms. The van der Waals surface area contributed by atoms with E-state index in [0.29, 0.717) is 38.2 Å². The molecule has 0 saturated carbocycles. The summed E-state index contributed by atoms with van der Waals surface area (Å²) in [5.74, 6) is 0.0944. The van der Waals surface area contributed by atoms with Gasteiger partial charge >= 0.3 is 3.18 Å². The lowest BCUT2D eigenvalue weighted by atomic mass is 10.1. The van der Waals surface area contributed by atoms with Gasteiger partial charge in [0.25, 0.3) is 16.7 Å². The Bertz CT molecular complexity index is 6680. The van der Waals surface area contributed by atoms with Crippen LogP contribution in [0, 0.1) is 20.8 Å². The van der Waals surface area contributed by atoms with Crippen LogP contribution in [0.4, 0.5) is 0 Å². The van der Waals surface area contributed by atoms with Crippen molar-refractivity contribution in [2.24, 2.45) is 0 Å². The normalized spacial score (nSPS) is 10.8. The topological polar surface area (TPSA) is 260 Å². The Kier molecular flexibility index (Phi) is 24.7. The summed E-state index contributed by atoms with van der Waals surface area (Å²) < 4.78 is 34.0. The molecule has 6 N–H and O–H groups in total. The van der Waals surface area contributed by atoms with Crippen LogP contribution in [-0.4, -0.2) is 65.0 Å². The van der Waals surface area contributed by atoms with Gasteiger partial charge in [0.05, 0.1) is 43.6 Å². The summed E-state index contributed by atoms with van der Waals surface area (Å²) in [6.45, 7) is 6.14. The Morgan fingerprint density at radius 2 is 0.651 bits per heavy atom. The zero-order valence-corrected chi connectivity index (χ0v) is 64.5. The first-order valence-electron chi connectivity index (χ1n) is 32.5. The number of H-pyrrole nitrogens is 4. The minimum absolute atomic E-state index is 0. The number of benzene rings is 10. The molecule has 0 spiro atoms. The van der Waals surface area contributed by atoms with Gasteiger partial charge in [-0.05, 0) is 117 Å². The van der Waals surface area contributed by atoms with Gasteiger partial charge in [0.1, 0.15) is 33.4 Å². The summed E-state index contributed by atoms with van der Waals surface area (Å²) in [6, 6.07) is 70.5. The summed E-state index contributed by atoms with van der Waals surface area (Å²) in [7, 11) is 4.25. The number of hydrogen-bond donors (Lipinski definition) is 6. The van der Waals surface area contributed by atoms with Gasteiger partial charge in [-0.2, -0.15) is 0 Å². The molecule has 0 bridgehead atoms. The van der Waals surface area contributed by atoms with Crippen LogP contribution in [0.25, 0.3) is 164 Å². The van der Waals surface area contributed by atoms with E-state index in [2.05, 4.69) is 116 Å². The number of ether oxygens (including phenoxy) is 1. The van der Waals surface area contributed by atoms with E-state index < -0.39 is 0 Å². The summed E-state index contributed by atoms with van der Waals surface area (Å²) in [5, 5.41) is 30.3. The third-order valence-electron chi connectivity index (χ3n) is 17.0. The first-order valence-corrected chi connectivity index (χ1v) is 36.3. The van der Waals surface area contributed by atoms with Gasteiger partial charge in [0.15, 0.2) is 39.2 Å². The van der Waals surface area contributed by atoms with E-state index in [0.717, 1.165) is 144 Å². The van der Waals surface area contributed by atoms with Gasteiger partial charge in [0.2, 0.25) is 0 Å². The number of nitrogens with one attached hydrogen (secondary N) is 4. The van der Waals surface area contributed by atoms with Crippen LogP contribution in [0.2, 0.25) is 0 Å². The molecule has 0 aliphatic rings. The van der Waals surface area contributed by atoms with Crippen molar-refractivity contribution in [2.75, 3.05) is 26.7 Å². The molecular formula is C82H64BBr3Cl3N5O12. The summed E-state index contributed by atoms with van der Waals surface area (Å²) >= 11 is 18.8. The number of hydrogen-bond acceptors (Lipinski definition) is 13. The minimum Gasteiger partial charge on any atom is -0.494 e. The van der Waals surface area contributed by atoms with Crippen molar-refractivity contribution in [1.29, 1.82) is 0 Å². The molecule has 10 heterocycles. The van der Waals surface area contributed by atoms with Gasteiger partial charge in [-0.15, -0.1) is 82.9 Å². The molecule has 10 aromatic carbocycles. The highest BCUT2D eigenvalue weighted by Gasteiger charge is 2.18. The number of nitrogens with zero attached hydrogens (tertiary/aromatic N) is 1. The van der Waals surface area contributed by atoms with Gasteiger partial charge in [0, 0.05) is 97.7 Å².